The molecule has 0 fully saturated rings. The van der Waals surface area contributed by atoms with Gasteiger partial charge in [0.15, 0.2) is 0 Å². The van der Waals surface area contributed by atoms with Gasteiger partial charge in [-0.2, -0.15) is 0 Å². The number of rotatable bonds is 6. The zero-order valence-corrected chi connectivity index (χ0v) is 19.2. The summed E-state index contributed by atoms with van der Waals surface area (Å²) in [5.74, 6) is -1.03. The number of carboxylic acids is 1. The highest BCUT2D eigenvalue weighted by atomic mass is 32.2. The van der Waals surface area contributed by atoms with Crippen molar-refractivity contribution in [2.75, 3.05) is 7.05 Å². The van der Waals surface area contributed by atoms with Crippen LogP contribution in [0.5, 0.6) is 0 Å². The molecule has 33 heavy (non-hydrogen) atoms. The second kappa shape index (κ2) is 8.82. The summed E-state index contributed by atoms with van der Waals surface area (Å²) in [6.07, 6.45) is 0. The highest BCUT2D eigenvalue weighted by Gasteiger charge is 2.41. The van der Waals surface area contributed by atoms with Crippen molar-refractivity contribution in [3.05, 3.63) is 107 Å². The smallest absolute Gasteiger partial charge is 0.353 e. The molecule has 0 aliphatic carbocycles. The summed E-state index contributed by atoms with van der Waals surface area (Å²) < 4.78 is 23.4. The normalized spacial score (nSPS) is 16.9. The van der Waals surface area contributed by atoms with Gasteiger partial charge in [0.25, 0.3) is 0 Å². The number of carboxylic acid groups (broad SMARTS) is 1. The van der Waals surface area contributed by atoms with Gasteiger partial charge in [0.1, 0.15) is 5.70 Å². The SMILES string of the molecule is Cc1ccc(C2=C(C(=O)O)N(Cc3ccccc3)N(C)C2c2ccc(S(N)(=O)=O)cc2)cc1. The summed E-state index contributed by atoms with van der Waals surface area (Å²) in [7, 11) is -1.99. The number of nitrogens with two attached hydrogens (primary N) is 1. The van der Waals surface area contributed by atoms with Crippen LogP contribution in [0.15, 0.2) is 89.5 Å². The van der Waals surface area contributed by atoms with Gasteiger partial charge in [-0.15, -0.1) is 0 Å². The van der Waals surface area contributed by atoms with Crippen LogP contribution in [0.1, 0.15) is 28.3 Å². The average molecular weight is 464 g/mol. The van der Waals surface area contributed by atoms with Gasteiger partial charge >= 0.3 is 5.97 Å². The van der Waals surface area contributed by atoms with Crippen LogP contribution in [0.3, 0.4) is 0 Å². The maximum atomic E-state index is 12.5. The van der Waals surface area contributed by atoms with Gasteiger partial charge in [0.05, 0.1) is 17.5 Å². The van der Waals surface area contributed by atoms with Gasteiger partial charge in [0, 0.05) is 12.6 Å². The second-order valence-corrected chi connectivity index (χ2v) is 9.63. The third kappa shape index (κ3) is 4.54. The summed E-state index contributed by atoms with van der Waals surface area (Å²) in [5.41, 5.74) is 4.42. The van der Waals surface area contributed by atoms with Crippen molar-refractivity contribution in [3.63, 3.8) is 0 Å². The molecule has 0 saturated heterocycles. The molecule has 1 aliphatic heterocycles. The Morgan fingerprint density at radius 2 is 1.58 bits per heavy atom. The molecule has 1 heterocycles. The maximum absolute atomic E-state index is 12.5. The second-order valence-electron chi connectivity index (χ2n) is 8.07. The molecule has 0 bridgehead atoms. The number of benzene rings is 3. The molecule has 0 radical (unpaired) electrons. The van der Waals surface area contributed by atoms with Crippen LogP contribution in [0.2, 0.25) is 0 Å². The minimum absolute atomic E-state index is 0.00682. The monoisotopic (exact) mass is 463 g/mol. The first-order valence-electron chi connectivity index (χ1n) is 10.4. The predicted molar refractivity (Wildman–Crippen MR) is 126 cm³/mol. The number of nitrogens with zero attached hydrogens (tertiary/aromatic N) is 2. The van der Waals surface area contributed by atoms with Gasteiger partial charge in [-0.1, -0.05) is 72.3 Å². The first-order chi connectivity index (χ1) is 15.7. The Kier molecular flexibility index (Phi) is 6.07. The molecule has 8 heteroatoms. The molecular formula is C25H25N3O4S. The van der Waals surface area contributed by atoms with E-state index in [1.165, 1.54) is 12.1 Å². The number of carbonyl (C=O) groups is 1. The van der Waals surface area contributed by atoms with Crippen molar-refractivity contribution in [2.24, 2.45) is 5.14 Å². The molecule has 1 aliphatic rings. The topological polar surface area (TPSA) is 104 Å². The number of likely N-dealkylation sites (N-methyl/N-ethyl adjacent to an activating group) is 1. The fourth-order valence-corrected chi connectivity index (χ4v) is 4.69. The van der Waals surface area contributed by atoms with Crippen LogP contribution in [0.4, 0.5) is 0 Å². The Labute approximate surface area is 193 Å². The molecule has 4 rings (SSSR count). The lowest BCUT2D eigenvalue weighted by molar-refractivity contribution is -0.136. The summed E-state index contributed by atoms with van der Waals surface area (Å²) in [6.45, 7) is 2.35. The fourth-order valence-electron chi connectivity index (χ4n) is 4.17. The summed E-state index contributed by atoms with van der Waals surface area (Å²) >= 11 is 0. The van der Waals surface area contributed by atoms with Gasteiger partial charge in [-0.05, 0) is 35.7 Å². The quantitative estimate of drug-likeness (QED) is 0.580. The molecule has 0 amide bonds. The number of hydrogen-bond acceptors (Lipinski definition) is 5. The molecule has 3 aromatic carbocycles. The molecule has 7 nitrogen and oxygen atoms in total. The Morgan fingerprint density at radius 3 is 2.12 bits per heavy atom. The van der Waals surface area contributed by atoms with Crippen molar-refractivity contribution < 1.29 is 18.3 Å². The van der Waals surface area contributed by atoms with E-state index in [2.05, 4.69) is 0 Å². The minimum Gasteiger partial charge on any atom is -0.477 e. The first-order valence-corrected chi connectivity index (χ1v) is 11.9. The Morgan fingerprint density at radius 1 is 0.970 bits per heavy atom. The molecule has 1 atom stereocenters. The van der Waals surface area contributed by atoms with E-state index in [9.17, 15) is 18.3 Å². The van der Waals surface area contributed by atoms with Crippen LogP contribution in [0.25, 0.3) is 5.57 Å². The van der Waals surface area contributed by atoms with E-state index in [-0.39, 0.29) is 10.6 Å². The Balaban J connectivity index is 1.88. The van der Waals surface area contributed by atoms with Gasteiger partial charge in [-0.25, -0.2) is 23.4 Å². The highest BCUT2D eigenvalue weighted by Crippen LogP contribution is 2.45. The zero-order valence-electron chi connectivity index (χ0n) is 18.3. The van der Waals surface area contributed by atoms with Gasteiger partial charge < -0.3 is 5.11 Å². The van der Waals surface area contributed by atoms with Crippen LogP contribution < -0.4 is 5.14 Å². The summed E-state index contributed by atoms with van der Waals surface area (Å²) in [6, 6.07) is 23.2. The molecule has 3 aromatic rings. The van der Waals surface area contributed by atoms with Crippen molar-refractivity contribution in [2.45, 2.75) is 24.4 Å². The number of hydrazine groups is 1. The number of aryl methyl sites for hydroxylation is 1. The van der Waals surface area contributed by atoms with E-state index in [0.29, 0.717) is 12.1 Å². The van der Waals surface area contributed by atoms with Crippen molar-refractivity contribution in [1.29, 1.82) is 0 Å². The molecule has 170 valence electrons. The standard InChI is InChI=1S/C25H25N3O4S/c1-17-8-10-19(11-9-17)22-23(20-12-14-21(15-13-20)33(26,31)32)27(2)28(24(22)25(29)30)16-18-6-4-3-5-7-18/h3-15,23H,16H2,1-2H3,(H,29,30)(H2,26,31,32). The van der Waals surface area contributed by atoms with E-state index >= 15 is 0 Å². The highest BCUT2D eigenvalue weighted by molar-refractivity contribution is 7.89. The number of sulfonamides is 1. The van der Waals surface area contributed by atoms with E-state index in [4.69, 9.17) is 5.14 Å². The molecule has 1 unspecified atom stereocenters. The minimum atomic E-state index is -3.83. The van der Waals surface area contributed by atoms with E-state index in [0.717, 1.165) is 22.3 Å². The summed E-state index contributed by atoms with van der Waals surface area (Å²) in [5, 5.41) is 19.2. The van der Waals surface area contributed by atoms with E-state index < -0.39 is 22.0 Å². The first kappa shape index (κ1) is 22.7. The van der Waals surface area contributed by atoms with Gasteiger partial charge in [-0.3, -0.25) is 5.01 Å². The van der Waals surface area contributed by atoms with Crippen molar-refractivity contribution in [1.82, 2.24) is 10.0 Å². The molecule has 0 spiro atoms. The van der Waals surface area contributed by atoms with Gasteiger partial charge in [0.2, 0.25) is 10.0 Å². The number of hydrogen-bond donors (Lipinski definition) is 2. The molecule has 0 saturated carbocycles. The lowest BCUT2D eigenvalue weighted by Crippen LogP contribution is -2.37. The summed E-state index contributed by atoms with van der Waals surface area (Å²) in [4.78, 5) is 12.5. The van der Waals surface area contributed by atoms with Crippen LogP contribution in [-0.4, -0.2) is 36.6 Å². The largest absolute Gasteiger partial charge is 0.477 e. The predicted octanol–water partition coefficient (Wildman–Crippen LogP) is 3.54. The number of primary sulfonamides is 1. The average Bonchev–Trinajstić information content (AvgIpc) is 3.07. The molecule has 0 aromatic heterocycles. The zero-order chi connectivity index (χ0) is 23.8. The van der Waals surface area contributed by atoms with E-state index in [1.54, 1.807) is 17.1 Å². The molecule has 3 N–H and O–H groups in total. The fraction of sp³-hybridized carbons (Fsp3) is 0.160. The van der Waals surface area contributed by atoms with Crippen LogP contribution >= 0.6 is 0 Å². The van der Waals surface area contributed by atoms with Crippen LogP contribution in [-0.2, 0) is 21.4 Å². The number of aliphatic carboxylic acids is 1. The maximum Gasteiger partial charge on any atom is 0.353 e. The van der Waals surface area contributed by atoms with E-state index in [1.807, 2.05) is 73.6 Å². The molecular weight excluding hydrogens is 438 g/mol. The Bertz CT molecular complexity index is 1300. The lowest BCUT2D eigenvalue weighted by Gasteiger charge is -2.32. The van der Waals surface area contributed by atoms with Crippen LogP contribution in [0, 0.1) is 6.92 Å². The third-order valence-electron chi connectivity index (χ3n) is 5.81. The lowest BCUT2D eigenvalue weighted by atomic mass is 9.92. The Hall–Kier alpha value is -3.46. The van der Waals surface area contributed by atoms with Crippen molar-refractivity contribution in [3.8, 4) is 0 Å². The van der Waals surface area contributed by atoms with Crippen molar-refractivity contribution >= 4 is 21.6 Å². The third-order valence-corrected chi connectivity index (χ3v) is 6.74.